The number of aliphatic hydroxyl groups excluding tert-OH is 1. The largest absolute Gasteiger partial charge is 0.464 e. The molecule has 1 aliphatic carbocycles. The minimum atomic E-state index is -1.06. The van der Waals surface area contributed by atoms with E-state index < -0.39 is 17.5 Å². The van der Waals surface area contributed by atoms with Crippen molar-refractivity contribution in [2.75, 3.05) is 6.61 Å². The van der Waals surface area contributed by atoms with Gasteiger partial charge >= 0.3 is 5.97 Å². The highest BCUT2D eigenvalue weighted by Gasteiger charge is 2.53. The molecule has 0 saturated heterocycles. The first kappa shape index (κ1) is 12.6. The number of hydrogen-bond donors (Lipinski definition) is 1. The lowest BCUT2D eigenvalue weighted by Crippen LogP contribution is -2.35. The number of rotatable bonds is 4. The van der Waals surface area contributed by atoms with Gasteiger partial charge in [-0.1, -0.05) is 28.1 Å². The monoisotopic (exact) mass is 298 g/mol. The van der Waals surface area contributed by atoms with Gasteiger partial charge in [-0.15, -0.1) is 0 Å². The molecule has 92 valence electrons. The second-order valence-corrected chi connectivity index (χ2v) is 5.24. The predicted octanol–water partition coefficient (Wildman–Crippen LogP) is 2.40. The van der Waals surface area contributed by atoms with Gasteiger partial charge in [0.25, 0.3) is 0 Å². The number of halogens is 1. The van der Waals surface area contributed by atoms with E-state index in [-0.39, 0.29) is 0 Å². The lowest BCUT2D eigenvalue weighted by atomic mass is 9.90. The topological polar surface area (TPSA) is 46.5 Å². The molecule has 4 heteroatoms. The van der Waals surface area contributed by atoms with Gasteiger partial charge in [0, 0.05) is 9.89 Å². The average Bonchev–Trinajstić information content (AvgIpc) is 3.09. The van der Waals surface area contributed by atoms with Gasteiger partial charge in [0.15, 0.2) is 6.10 Å². The van der Waals surface area contributed by atoms with Gasteiger partial charge < -0.3 is 9.84 Å². The molecule has 1 N–H and O–H groups in total. The Morgan fingerprint density at radius 1 is 1.59 bits per heavy atom. The van der Waals surface area contributed by atoms with E-state index in [1.54, 1.807) is 6.92 Å². The fraction of sp³-hybridized carbons (Fsp3) is 0.462. The second kappa shape index (κ2) is 4.78. The number of benzene rings is 1. The number of carbonyl (C=O) groups is 1. The van der Waals surface area contributed by atoms with Crippen LogP contribution in [0.2, 0.25) is 0 Å². The Morgan fingerprint density at radius 2 is 2.29 bits per heavy atom. The molecular formula is C13H15BrO3. The summed E-state index contributed by atoms with van der Waals surface area (Å²) >= 11 is 3.40. The molecule has 0 radical (unpaired) electrons. The Morgan fingerprint density at radius 3 is 2.82 bits per heavy atom. The van der Waals surface area contributed by atoms with E-state index in [1.165, 1.54) is 0 Å². The van der Waals surface area contributed by atoms with E-state index in [4.69, 9.17) is 4.74 Å². The minimum Gasteiger partial charge on any atom is -0.464 e. The predicted molar refractivity (Wildman–Crippen MR) is 67.7 cm³/mol. The number of hydrogen-bond acceptors (Lipinski definition) is 3. The molecule has 1 fully saturated rings. The van der Waals surface area contributed by atoms with Crippen LogP contribution in [0.1, 0.15) is 25.3 Å². The summed E-state index contributed by atoms with van der Waals surface area (Å²) in [6, 6.07) is 7.74. The summed E-state index contributed by atoms with van der Waals surface area (Å²) in [5.41, 5.74) is 0.558. The Labute approximate surface area is 109 Å². The molecule has 1 unspecified atom stereocenters. The normalized spacial score (nSPS) is 18.5. The molecule has 1 saturated carbocycles. The van der Waals surface area contributed by atoms with Crippen LogP contribution in [0.5, 0.6) is 0 Å². The minimum absolute atomic E-state index is 0.296. The quantitative estimate of drug-likeness (QED) is 0.868. The molecule has 17 heavy (non-hydrogen) atoms. The standard InChI is InChI=1S/C13H15BrO3/c1-2-17-12(16)11(15)13(6-7-13)9-4-3-5-10(14)8-9/h3-5,8,11,15H,2,6-7H2,1H3. The van der Waals surface area contributed by atoms with Gasteiger partial charge in [-0.25, -0.2) is 4.79 Å². The van der Waals surface area contributed by atoms with Crippen molar-refractivity contribution in [2.24, 2.45) is 0 Å². The van der Waals surface area contributed by atoms with Gasteiger partial charge in [-0.3, -0.25) is 0 Å². The van der Waals surface area contributed by atoms with Crippen molar-refractivity contribution in [2.45, 2.75) is 31.3 Å². The fourth-order valence-corrected chi connectivity index (χ4v) is 2.50. The maximum absolute atomic E-state index is 11.6. The second-order valence-electron chi connectivity index (χ2n) is 4.32. The first-order valence-electron chi connectivity index (χ1n) is 5.71. The Balaban J connectivity index is 2.22. The highest BCUT2D eigenvalue weighted by Crippen LogP contribution is 2.51. The zero-order chi connectivity index (χ0) is 12.5. The van der Waals surface area contributed by atoms with Crippen molar-refractivity contribution in [1.29, 1.82) is 0 Å². The van der Waals surface area contributed by atoms with Crippen molar-refractivity contribution in [3.8, 4) is 0 Å². The van der Waals surface area contributed by atoms with Crippen molar-refractivity contribution in [3.05, 3.63) is 34.3 Å². The smallest absolute Gasteiger partial charge is 0.335 e. The maximum Gasteiger partial charge on any atom is 0.335 e. The third-order valence-corrected chi connectivity index (χ3v) is 3.71. The third-order valence-electron chi connectivity index (χ3n) is 3.22. The first-order chi connectivity index (χ1) is 8.10. The van der Waals surface area contributed by atoms with Crippen molar-refractivity contribution in [3.63, 3.8) is 0 Å². The Kier molecular flexibility index (Phi) is 3.54. The van der Waals surface area contributed by atoms with Crippen LogP contribution in [0.15, 0.2) is 28.7 Å². The van der Waals surface area contributed by atoms with E-state index in [9.17, 15) is 9.90 Å². The van der Waals surface area contributed by atoms with Crippen molar-refractivity contribution < 1.29 is 14.6 Å². The van der Waals surface area contributed by atoms with E-state index in [2.05, 4.69) is 15.9 Å². The molecule has 0 aliphatic heterocycles. The van der Waals surface area contributed by atoms with Gasteiger partial charge in [-0.2, -0.15) is 0 Å². The molecule has 0 spiro atoms. The molecule has 0 bridgehead atoms. The molecular weight excluding hydrogens is 284 g/mol. The molecule has 0 aromatic heterocycles. The van der Waals surface area contributed by atoms with Crippen molar-refractivity contribution >= 4 is 21.9 Å². The van der Waals surface area contributed by atoms with Crippen LogP contribution in [0, 0.1) is 0 Å². The summed E-state index contributed by atoms with van der Waals surface area (Å²) in [5.74, 6) is -0.523. The van der Waals surface area contributed by atoms with Crippen LogP contribution >= 0.6 is 15.9 Å². The van der Waals surface area contributed by atoms with E-state index in [0.717, 1.165) is 22.9 Å². The van der Waals surface area contributed by atoms with Crippen molar-refractivity contribution in [1.82, 2.24) is 0 Å². The van der Waals surface area contributed by atoms with E-state index in [0.29, 0.717) is 6.61 Å². The molecule has 1 atom stereocenters. The Bertz CT molecular complexity index is 426. The van der Waals surface area contributed by atoms with Crippen LogP contribution in [0.4, 0.5) is 0 Å². The molecule has 1 aromatic carbocycles. The zero-order valence-corrected chi connectivity index (χ0v) is 11.2. The Hall–Kier alpha value is -0.870. The third kappa shape index (κ3) is 2.38. The van der Waals surface area contributed by atoms with Crippen LogP contribution in [0.3, 0.4) is 0 Å². The maximum atomic E-state index is 11.6. The number of aliphatic hydroxyl groups is 1. The lowest BCUT2D eigenvalue weighted by molar-refractivity contribution is -0.155. The van der Waals surface area contributed by atoms with Crippen LogP contribution in [0.25, 0.3) is 0 Å². The molecule has 0 heterocycles. The molecule has 1 aliphatic rings. The fourth-order valence-electron chi connectivity index (χ4n) is 2.10. The van der Waals surface area contributed by atoms with E-state index in [1.807, 2.05) is 24.3 Å². The number of carbonyl (C=O) groups excluding carboxylic acids is 1. The molecule has 0 amide bonds. The first-order valence-corrected chi connectivity index (χ1v) is 6.50. The average molecular weight is 299 g/mol. The lowest BCUT2D eigenvalue weighted by Gasteiger charge is -2.21. The SMILES string of the molecule is CCOC(=O)C(O)C1(c2cccc(Br)c2)CC1. The number of esters is 1. The summed E-state index contributed by atoms with van der Waals surface area (Å²) in [4.78, 5) is 11.6. The summed E-state index contributed by atoms with van der Waals surface area (Å²) in [6.45, 7) is 2.04. The van der Waals surface area contributed by atoms with Gasteiger partial charge in [0.05, 0.1) is 6.61 Å². The summed E-state index contributed by atoms with van der Waals surface area (Å²) in [6.07, 6.45) is 0.587. The summed E-state index contributed by atoms with van der Waals surface area (Å²) < 4.78 is 5.84. The zero-order valence-electron chi connectivity index (χ0n) is 9.65. The van der Waals surface area contributed by atoms with Gasteiger partial charge in [-0.05, 0) is 37.5 Å². The molecule has 1 aromatic rings. The van der Waals surface area contributed by atoms with Gasteiger partial charge in [0.2, 0.25) is 0 Å². The van der Waals surface area contributed by atoms with Crippen LogP contribution < -0.4 is 0 Å². The summed E-state index contributed by atoms with van der Waals surface area (Å²) in [7, 11) is 0. The van der Waals surface area contributed by atoms with Crippen LogP contribution in [-0.2, 0) is 14.9 Å². The van der Waals surface area contributed by atoms with Crippen LogP contribution in [-0.4, -0.2) is 23.8 Å². The van der Waals surface area contributed by atoms with E-state index >= 15 is 0 Å². The highest BCUT2D eigenvalue weighted by atomic mass is 79.9. The highest BCUT2D eigenvalue weighted by molar-refractivity contribution is 9.10. The molecule has 3 nitrogen and oxygen atoms in total. The van der Waals surface area contributed by atoms with Gasteiger partial charge in [0.1, 0.15) is 0 Å². The summed E-state index contributed by atoms with van der Waals surface area (Å²) in [5, 5.41) is 10.1. The number of ether oxygens (including phenoxy) is 1. The molecule has 2 rings (SSSR count).